The number of carbonyl (C=O) groups is 1. The zero-order chi connectivity index (χ0) is 18.4. The monoisotopic (exact) mass is 428 g/mol. The van der Waals surface area contributed by atoms with Crippen LogP contribution in [-0.4, -0.2) is 50.0 Å². The van der Waals surface area contributed by atoms with Crippen LogP contribution in [0.5, 0.6) is 5.75 Å². The van der Waals surface area contributed by atoms with Crippen LogP contribution in [0.1, 0.15) is 23.7 Å². The van der Waals surface area contributed by atoms with E-state index in [1.165, 1.54) is 12.1 Å². The van der Waals surface area contributed by atoms with Gasteiger partial charge in [-0.1, -0.05) is 0 Å². The second kappa shape index (κ2) is 11.9. The van der Waals surface area contributed by atoms with Gasteiger partial charge in [0.15, 0.2) is 5.78 Å². The third kappa shape index (κ3) is 6.66. The normalized spacial score (nSPS) is 14.0. The van der Waals surface area contributed by atoms with E-state index >= 15 is 0 Å². The molecule has 0 amide bonds. The van der Waals surface area contributed by atoms with Crippen molar-refractivity contribution in [1.82, 2.24) is 4.90 Å². The lowest BCUT2D eigenvalue weighted by molar-refractivity contribution is 0.0962. The van der Waals surface area contributed by atoms with Crippen molar-refractivity contribution in [1.29, 1.82) is 0 Å². The summed E-state index contributed by atoms with van der Waals surface area (Å²) in [4.78, 5) is 16.9. The van der Waals surface area contributed by atoms with Gasteiger partial charge in [0.25, 0.3) is 0 Å². The van der Waals surface area contributed by atoms with Crippen LogP contribution >= 0.6 is 24.8 Å². The van der Waals surface area contributed by atoms with Gasteiger partial charge in [0.1, 0.15) is 11.6 Å². The zero-order valence-corrected chi connectivity index (χ0v) is 17.6. The fourth-order valence-electron chi connectivity index (χ4n) is 3.19. The summed E-state index contributed by atoms with van der Waals surface area (Å²) in [5.74, 6) is 0.746. The summed E-state index contributed by atoms with van der Waals surface area (Å²) in [6.07, 6.45) is 0.518. The summed E-state index contributed by atoms with van der Waals surface area (Å²) in [5.41, 5.74) is 1.79. The molecule has 0 saturated carbocycles. The number of carbonyl (C=O) groups excluding carboxylic acids is 1. The first-order valence-corrected chi connectivity index (χ1v) is 9.14. The molecule has 4 nitrogen and oxygen atoms in total. The van der Waals surface area contributed by atoms with Crippen molar-refractivity contribution >= 4 is 36.3 Å². The van der Waals surface area contributed by atoms with E-state index < -0.39 is 0 Å². The third-order valence-corrected chi connectivity index (χ3v) is 4.71. The van der Waals surface area contributed by atoms with E-state index in [0.717, 1.165) is 49.7 Å². The lowest BCUT2D eigenvalue weighted by atomic mass is 10.1. The molecule has 0 bridgehead atoms. The maximum absolute atomic E-state index is 13.0. The van der Waals surface area contributed by atoms with Gasteiger partial charge in [-0.15, -0.1) is 24.8 Å². The molecular formula is C21H27Cl2FN2O2. The van der Waals surface area contributed by atoms with Gasteiger partial charge in [-0.25, -0.2) is 4.39 Å². The summed E-state index contributed by atoms with van der Waals surface area (Å²) in [6, 6.07) is 14.0. The van der Waals surface area contributed by atoms with Crippen LogP contribution in [-0.2, 0) is 0 Å². The Balaban J connectivity index is 0.00000196. The van der Waals surface area contributed by atoms with Crippen LogP contribution in [0.25, 0.3) is 0 Å². The average Bonchev–Trinajstić information content (AvgIpc) is 2.68. The van der Waals surface area contributed by atoms with Crippen LogP contribution < -0.4 is 9.64 Å². The van der Waals surface area contributed by atoms with Gasteiger partial charge in [0, 0.05) is 50.4 Å². The highest BCUT2D eigenvalue weighted by Gasteiger charge is 2.18. The highest BCUT2D eigenvalue weighted by Crippen LogP contribution is 2.18. The Kier molecular flexibility index (Phi) is 10.3. The average molecular weight is 429 g/mol. The molecule has 0 aromatic heterocycles. The smallest absolute Gasteiger partial charge is 0.164 e. The molecule has 1 saturated heterocycles. The van der Waals surface area contributed by atoms with E-state index in [-0.39, 0.29) is 36.4 Å². The fraction of sp³-hybridized carbons (Fsp3) is 0.381. The van der Waals surface area contributed by atoms with Crippen LogP contribution in [0, 0.1) is 5.82 Å². The van der Waals surface area contributed by atoms with Gasteiger partial charge in [-0.05, 0) is 55.5 Å². The third-order valence-electron chi connectivity index (χ3n) is 4.71. The Hall–Kier alpha value is -1.82. The van der Waals surface area contributed by atoms with E-state index in [0.29, 0.717) is 13.0 Å². The number of ether oxygens (including phenoxy) is 1. The Labute approximate surface area is 178 Å². The van der Waals surface area contributed by atoms with Gasteiger partial charge in [0.2, 0.25) is 0 Å². The van der Waals surface area contributed by atoms with E-state index in [1.54, 1.807) is 0 Å². The first kappa shape index (κ1) is 24.2. The van der Waals surface area contributed by atoms with Crippen molar-refractivity contribution in [2.45, 2.75) is 13.3 Å². The van der Waals surface area contributed by atoms with Crippen LogP contribution in [0.2, 0.25) is 0 Å². The maximum Gasteiger partial charge on any atom is 0.164 e. The molecule has 1 aliphatic rings. The van der Waals surface area contributed by atoms with E-state index in [1.807, 2.05) is 43.3 Å². The van der Waals surface area contributed by atoms with Crippen molar-refractivity contribution in [3.05, 3.63) is 59.9 Å². The van der Waals surface area contributed by atoms with E-state index in [9.17, 15) is 9.18 Å². The number of ketones is 1. The van der Waals surface area contributed by atoms with Crippen molar-refractivity contribution in [2.24, 2.45) is 0 Å². The van der Waals surface area contributed by atoms with Gasteiger partial charge >= 0.3 is 0 Å². The molecule has 0 N–H and O–H groups in total. The molecule has 7 heteroatoms. The van der Waals surface area contributed by atoms with Crippen LogP contribution in [0.15, 0.2) is 48.5 Å². The topological polar surface area (TPSA) is 32.8 Å². The predicted octanol–water partition coefficient (Wildman–Crippen LogP) is 4.46. The molecule has 0 atom stereocenters. The summed E-state index contributed by atoms with van der Waals surface area (Å²) < 4.78 is 18.4. The highest BCUT2D eigenvalue weighted by molar-refractivity contribution is 5.96. The van der Waals surface area contributed by atoms with Crippen LogP contribution in [0.3, 0.4) is 0 Å². The molecule has 1 heterocycles. The van der Waals surface area contributed by atoms with Gasteiger partial charge in [-0.2, -0.15) is 0 Å². The molecule has 1 fully saturated rings. The molecule has 154 valence electrons. The minimum absolute atomic E-state index is 0. The van der Waals surface area contributed by atoms with Crippen molar-refractivity contribution in [3.8, 4) is 5.75 Å². The Bertz CT molecular complexity index is 718. The van der Waals surface area contributed by atoms with Gasteiger partial charge in [0.05, 0.1) is 6.61 Å². The quantitative estimate of drug-likeness (QED) is 0.609. The molecule has 0 spiro atoms. The number of hydrogen-bond acceptors (Lipinski definition) is 4. The molecule has 0 radical (unpaired) electrons. The first-order chi connectivity index (χ1) is 12.7. The second-order valence-electron chi connectivity index (χ2n) is 6.44. The molecule has 1 aliphatic heterocycles. The summed E-state index contributed by atoms with van der Waals surface area (Å²) in [7, 11) is 0. The number of benzene rings is 2. The highest BCUT2D eigenvalue weighted by atomic mass is 35.5. The number of piperazine rings is 1. The summed E-state index contributed by atoms with van der Waals surface area (Å²) in [6.45, 7) is 6.93. The SMILES string of the molecule is CCOc1ccc(C(=O)CCN2CCN(c3ccc(F)cc3)CC2)cc1.Cl.Cl. The number of nitrogens with zero attached hydrogens (tertiary/aromatic N) is 2. The first-order valence-electron chi connectivity index (χ1n) is 9.14. The molecule has 0 unspecified atom stereocenters. The predicted molar refractivity (Wildman–Crippen MR) is 116 cm³/mol. The second-order valence-corrected chi connectivity index (χ2v) is 6.44. The molecular weight excluding hydrogens is 402 g/mol. The number of rotatable bonds is 7. The molecule has 2 aromatic carbocycles. The fourth-order valence-corrected chi connectivity index (χ4v) is 3.19. The summed E-state index contributed by atoms with van der Waals surface area (Å²) >= 11 is 0. The molecule has 3 rings (SSSR count). The molecule has 2 aromatic rings. The minimum atomic E-state index is -0.208. The van der Waals surface area contributed by atoms with Crippen molar-refractivity contribution in [2.75, 3.05) is 44.2 Å². The Morgan fingerprint density at radius 2 is 1.57 bits per heavy atom. The van der Waals surface area contributed by atoms with Crippen molar-refractivity contribution in [3.63, 3.8) is 0 Å². The number of anilines is 1. The minimum Gasteiger partial charge on any atom is -0.494 e. The van der Waals surface area contributed by atoms with E-state index in [2.05, 4.69) is 9.80 Å². The number of Topliss-reactive ketones (excluding diaryl/α,β-unsaturated/α-hetero) is 1. The van der Waals surface area contributed by atoms with Gasteiger partial charge < -0.3 is 9.64 Å². The molecule has 28 heavy (non-hydrogen) atoms. The lowest BCUT2D eigenvalue weighted by Gasteiger charge is -2.36. The number of halogens is 3. The van der Waals surface area contributed by atoms with Crippen molar-refractivity contribution < 1.29 is 13.9 Å². The van der Waals surface area contributed by atoms with E-state index in [4.69, 9.17) is 4.74 Å². The van der Waals surface area contributed by atoms with Crippen LogP contribution in [0.4, 0.5) is 10.1 Å². The maximum atomic E-state index is 13.0. The Morgan fingerprint density at radius 3 is 2.14 bits per heavy atom. The summed E-state index contributed by atoms with van der Waals surface area (Å²) in [5, 5.41) is 0. The molecule has 0 aliphatic carbocycles. The Morgan fingerprint density at radius 1 is 0.964 bits per heavy atom. The van der Waals surface area contributed by atoms with Gasteiger partial charge in [-0.3, -0.25) is 9.69 Å². The number of hydrogen-bond donors (Lipinski definition) is 0. The largest absolute Gasteiger partial charge is 0.494 e. The zero-order valence-electron chi connectivity index (χ0n) is 16.0. The standard InChI is InChI=1S/C21H25FN2O2.2ClH/c1-2-26-20-9-3-17(4-10-20)21(25)11-12-23-13-15-24(16-14-23)19-7-5-18(22)6-8-19;;/h3-10H,2,11-16H2,1H3;2*1H. The lowest BCUT2D eigenvalue weighted by Crippen LogP contribution is -2.46.